The summed E-state index contributed by atoms with van der Waals surface area (Å²) >= 11 is 0. The predicted molar refractivity (Wildman–Crippen MR) is 63.6 cm³/mol. The molecule has 2 aromatic rings. The Morgan fingerprint density at radius 1 is 1.05 bits per heavy atom. The molecule has 5 heteroatoms. The number of halogens is 2. The van der Waals surface area contributed by atoms with E-state index in [9.17, 15) is 13.6 Å². The van der Waals surface area contributed by atoms with Crippen LogP contribution in [0.2, 0.25) is 0 Å². The van der Waals surface area contributed by atoms with E-state index in [2.05, 4.69) is 0 Å². The topological polar surface area (TPSA) is 46.5 Å². The highest BCUT2D eigenvalue weighted by Crippen LogP contribution is 2.22. The van der Waals surface area contributed by atoms with Gasteiger partial charge in [-0.15, -0.1) is 0 Å². The first-order valence-corrected chi connectivity index (χ1v) is 5.47. The van der Waals surface area contributed by atoms with Crippen LogP contribution in [0.5, 0.6) is 5.75 Å². The Morgan fingerprint density at radius 3 is 2.42 bits per heavy atom. The molecular formula is C14H10F2O3. The first kappa shape index (κ1) is 13.0. The maximum Gasteiger partial charge on any atom is 0.341 e. The number of hydrogen-bond acceptors (Lipinski definition) is 3. The van der Waals surface area contributed by atoms with Crippen LogP contribution in [0, 0.1) is 11.6 Å². The first-order valence-electron chi connectivity index (χ1n) is 5.47. The van der Waals surface area contributed by atoms with Gasteiger partial charge in [-0.05, 0) is 17.7 Å². The molecule has 1 N–H and O–H groups in total. The van der Waals surface area contributed by atoms with E-state index < -0.39 is 28.9 Å². The molecule has 19 heavy (non-hydrogen) atoms. The molecule has 0 radical (unpaired) electrons. The van der Waals surface area contributed by atoms with Crippen molar-refractivity contribution in [1.29, 1.82) is 0 Å². The van der Waals surface area contributed by atoms with Crippen LogP contribution >= 0.6 is 0 Å². The molecule has 0 aromatic heterocycles. The minimum absolute atomic E-state index is 0.0401. The third-order valence-corrected chi connectivity index (χ3v) is 2.49. The second kappa shape index (κ2) is 5.48. The average molecular weight is 264 g/mol. The summed E-state index contributed by atoms with van der Waals surface area (Å²) in [6.45, 7) is -0.0401. The Kier molecular flexibility index (Phi) is 3.75. The molecule has 0 aliphatic heterocycles. The zero-order chi connectivity index (χ0) is 13.8. The van der Waals surface area contributed by atoms with Crippen LogP contribution in [0.25, 0.3) is 0 Å². The molecule has 0 aliphatic rings. The van der Waals surface area contributed by atoms with Crippen molar-refractivity contribution >= 4 is 5.97 Å². The van der Waals surface area contributed by atoms with Crippen LogP contribution in [0.15, 0.2) is 42.5 Å². The summed E-state index contributed by atoms with van der Waals surface area (Å²) in [5.74, 6) is -4.72. The molecule has 98 valence electrons. The number of phenolic OH excluding ortho intramolecular Hbond substituents is 1. The lowest BCUT2D eigenvalue weighted by molar-refractivity contribution is 0.0466. The number of hydrogen-bond donors (Lipinski definition) is 1. The van der Waals surface area contributed by atoms with E-state index in [0.717, 1.165) is 17.7 Å². The minimum atomic E-state index is -1.46. The van der Waals surface area contributed by atoms with Gasteiger partial charge in [-0.25, -0.2) is 9.18 Å². The van der Waals surface area contributed by atoms with Crippen molar-refractivity contribution in [1.82, 2.24) is 0 Å². The van der Waals surface area contributed by atoms with E-state index in [4.69, 9.17) is 9.84 Å². The Labute approximate surface area is 108 Å². The fourth-order valence-electron chi connectivity index (χ4n) is 1.50. The van der Waals surface area contributed by atoms with Gasteiger partial charge in [-0.3, -0.25) is 0 Å². The zero-order valence-electron chi connectivity index (χ0n) is 9.77. The molecule has 0 spiro atoms. The van der Waals surface area contributed by atoms with Crippen LogP contribution in [-0.4, -0.2) is 11.1 Å². The van der Waals surface area contributed by atoms with Crippen LogP contribution in [-0.2, 0) is 11.3 Å². The lowest BCUT2D eigenvalue weighted by Crippen LogP contribution is -2.08. The highest BCUT2D eigenvalue weighted by Gasteiger charge is 2.19. The van der Waals surface area contributed by atoms with Crippen LogP contribution in [0.3, 0.4) is 0 Å². The van der Waals surface area contributed by atoms with Crippen LogP contribution in [0.1, 0.15) is 15.9 Å². The number of benzene rings is 2. The Bertz CT molecular complexity index is 597. The van der Waals surface area contributed by atoms with Crippen molar-refractivity contribution < 1.29 is 23.4 Å². The van der Waals surface area contributed by atoms with Crippen molar-refractivity contribution in [3.63, 3.8) is 0 Å². The lowest BCUT2D eigenvalue weighted by atomic mass is 10.2. The quantitative estimate of drug-likeness (QED) is 0.867. The van der Waals surface area contributed by atoms with Crippen LogP contribution < -0.4 is 0 Å². The number of ether oxygens (including phenoxy) is 1. The van der Waals surface area contributed by atoms with Crippen molar-refractivity contribution in [2.45, 2.75) is 6.61 Å². The molecule has 2 rings (SSSR count). The maximum atomic E-state index is 13.4. The summed E-state index contributed by atoms with van der Waals surface area (Å²) in [6.07, 6.45) is 0. The van der Waals surface area contributed by atoms with E-state index in [0.29, 0.717) is 0 Å². The largest absolute Gasteiger partial charge is 0.505 e. The van der Waals surface area contributed by atoms with Crippen molar-refractivity contribution in [3.05, 3.63) is 65.2 Å². The van der Waals surface area contributed by atoms with Gasteiger partial charge in [0.05, 0.1) is 5.56 Å². The smallest absolute Gasteiger partial charge is 0.341 e. The van der Waals surface area contributed by atoms with Crippen LogP contribution in [0.4, 0.5) is 8.78 Å². The Balaban J connectivity index is 2.11. The number of aromatic hydroxyl groups is 1. The molecule has 0 unspecified atom stereocenters. The minimum Gasteiger partial charge on any atom is -0.505 e. The third kappa shape index (κ3) is 2.88. The standard InChI is InChI=1S/C14H10F2O3/c15-12-10(6-7-11(17)13(12)16)14(18)19-8-9-4-2-1-3-5-9/h1-7,17H,8H2. The van der Waals surface area contributed by atoms with Gasteiger partial charge in [0.2, 0.25) is 5.82 Å². The highest BCUT2D eigenvalue weighted by atomic mass is 19.2. The molecule has 0 saturated heterocycles. The van der Waals surface area contributed by atoms with E-state index in [1.54, 1.807) is 30.3 Å². The summed E-state index contributed by atoms with van der Waals surface area (Å²) < 4.78 is 31.3. The van der Waals surface area contributed by atoms with Gasteiger partial charge in [0.15, 0.2) is 11.6 Å². The van der Waals surface area contributed by atoms with E-state index >= 15 is 0 Å². The molecule has 2 aromatic carbocycles. The SMILES string of the molecule is O=C(OCc1ccccc1)c1ccc(O)c(F)c1F. The third-order valence-electron chi connectivity index (χ3n) is 2.49. The number of esters is 1. The van der Waals surface area contributed by atoms with Gasteiger partial charge >= 0.3 is 5.97 Å². The van der Waals surface area contributed by atoms with Gasteiger partial charge < -0.3 is 9.84 Å². The molecule has 0 atom stereocenters. The van der Waals surface area contributed by atoms with Gasteiger partial charge in [0.25, 0.3) is 0 Å². The van der Waals surface area contributed by atoms with E-state index in [1.807, 2.05) is 0 Å². The second-order valence-corrected chi connectivity index (χ2v) is 3.82. The molecule has 0 bridgehead atoms. The Hall–Kier alpha value is -2.43. The van der Waals surface area contributed by atoms with Crippen molar-refractivity contribution in [2.24, 2.45) is 0 Å². The van der Waals surface area contributed by atoms with Crippen molar-refractivity contribution in [3.8, 4) is 5.75 Å². The van der Waals surface area contributed by atoms with E-state index in [-0.39, 0.29) is 6.61 Å². The van der Waals surface area contributed by atoms with Gasteiger partial charge in [0.1, 0.15) is 6.61 Å². The second-order valence-electron chi connectivity index (χ2n) is 3.82. The van der Waals surface area contributed by atoms with Crippen molar-refractivity contribution in [2.75, 3.05) is 0 Å². The number of rotatable bonds is 3. The van der Waals surface area contributed by atoms with Gasteiger partial charge in [-0.1, -0.05) is 30.3 Å². The lowest BCUT2D eigenvalue weighted by Gasteiger charge is -2.06. The van der Waals surface area contributed by atoms with Gasteiger partial charge in [0, 0.05) is 0 Å². The normalized spacial score (nSPS) is 10.2. The molecule has 0 aliphatic carbocycles. The molecule has 0 heterocycles. The summed E-state index contributed by atoms with van der Waals surface area (Å²) in [6, 6.07) is 10.7. The number of carbonyl (C=O) groups is 1. The highest BCUT2D eigenvalue weighted by molar-refractivity contribution is 5.89. The monoisotopic (exact) mass is 264 g/mol. The fraction of sp³-hybridized carbons (Fsp3) is 0.0714. The first-order chi connectivity index (χ1) is 9.09. The maximum absolute atomic E-state index is 13.4. The molecule has 3 nitrogen and oxygen atoms in total. The Morgan fingerprint density at radius 2 is 1.74 bits per heavy atom. The van der Waals surface area contributed by atoms with E-state index in [1.165, 1.54) is 0 Å². The molecule has 0 amide bonds. The number of carbonyl (C=O) groups excluding carboxylic acids is 1. The average Bonchev–Trinajstić information content (AvgIpc) is 2.43. The molecule has 0 fully saturated rings. The number of phenols is 1. The molecular weight excluding hydrogens is 254 g/mol. The fourth-order valence-corrected chi connectivity index (χ4v) is 1.50. The summed E-state index contributed by atoms with van der Waals surface area (Å²) in [4.78, 5) is 11.6. The summed E-state index contributed by atoms with van der Waals surface area (Å²) in [5, 5.41) is 8.95. The zero-order valence-corrected chi connectivity index (χ0v) is 9.77. The summed E-state index contributed by atoms with van der Waals surface area (Å²) in [5.41, 5.74) is 0.182. The van der Waals surface area contributed by atoms with Gasteiger partial charge in [-0.2, -0.15) is 4.39 Å². The predicted octanol–water partition coefficient (Wildman–Crippen LogP) is 3.03. The molecule has 0 saturated carbocycles. The summed E-state index contributed by atoms with van der Waals surface area (Å²) in [7, 11) is 0.